The van der Waals surface area contributed by atoms with Gasteiger partial charge in [-0.2, -0.15) is 10.5 Å². The van der Waals surface area contributed by atoms with Crippen LogP contribution in [-0.4, -0.2) is 10.1 Å². The topological polar surface area (TPSA) is 80.7 Å². The molecule has 4 nitrogen and oxygen atoms in total. The zero-order valence-electron chi connectivity index (χ0n) is 12.7. The van der Waals surface area contributed by atoms with Crippen LogP contribution in [0.5, 0.6) is 0 Å². The number of aliphatic hydroxyl groups is 1. The van der Waals surface area contributed by atoms with Crippen molar-refractivity contribution in [3.05, 3.63) is 71.3 Å². The van der Waals surface area contributed by atoms with Crippen LogP contribution >= 0.6 is 0 Å². The van der Waals surface area contributed by atoms with E-state index in [0.29, 0.717) is 10.9 Å². The summed E-state index contributed by atoms with van der Waals surface area (Å²) in [5.74, 6) is -1.65. The summed E-state index contributed by atoms with van der Waals surface area (Å²) in [6.07, 6.45) is 0. The highest BCUT2D eigenvalue weighted by Gasteiger charge is 2.11. The molecule has 0 spiro atoms. The molecule has 0 bridgehead atoms. The van der Waals surface area contributed by atoms with Crippen LogP contribution in [0.2, 0.25) is 0 Å². The highest BCUT2D eigenvalue weighted by Crippen LogP contribution is 2.26. The molecule has 0 aliphatic heterocycles. The Balaban J connectivity index is 2.18. The predicted molar refractivity (Wildman–Crippen MR) is 87.9 cm³/mol. The molecule has 1 aromatic heterocycles. The van der Waals surface area contributed by atoms with Gasteiger partial charge in [0.15, 0.2) is 11.3 Å². The first-order chi connectivity index (χ1) is 12.0. The number of benzene rings is 2. The van der Waals surface area contributed by atoms with Crippen LogP contribution in [0.15, 0.2) is 54.1 Å². The molecule has 3 aromatic rings. The normalized spacial score (nSPS) is 10.1. The van der Waals surface area contributed by atoms with Gasteiger partial charge in [-0.15, -0.1) is 0 Å². The molecule has 1 N–H and O–H groups in total. The molecule has 1 heterocycles. The molecule has 0 saturated carbocycles. The Hall–Kier alpha value is -3.77. The fraction of sp³-hybridized carbons (Fsp3) is 0. The lowest BCUT2D eigenvalue weighted by atomic mass is 10.0. The summed E-state index contributed by atoms with van der Waals surface area (Å²) < 4.78 is 27.3. The van der Waals surface area contributed by atoms with Crippen LogP contribution in [0.1, 0.15) is 5.56 Å². The molecule has 0 atom stereocenters. The molecule has 0 fully saturated rings. The van der Waals surface area contributed by atoms with Gasteiger partial charge in [-0.3, -0.25) is 0 Å². The second-order valence-corrected chi connectivity index (χ2v) is 5.18. The minimum absolute atomic E-state index is 0.0156. The summed E-state index contributed by atoms with van der Waals surface area (Å²) in [5, 5.41) is 28.4. The number of pyridine rings is 1. The van der Waals surface area contributed by atoms with Crippen LogP contribution in [-0.2, 0) is 0 Å². The lowest BCUT2D eigenvalue weighted by Crippen LogP contribution is -1.92. The number of fused-ring (bicyclic) bond motifs is 1. The maximum absolute atomic E-state index is 13.9. The average Bonchev–Trinajstić information content (AvgIpc) is 2.63. The van der Waals surface area contributed by atoms with E-state index in [0.717, 1.165) is 18.2 Å². The van der Waals surface area contributed by atoms with E-state index in [1.165, 1.54) is 12.1 Å². The van der Waals surface area contributed by atoms with Crippen LogP contribution in [0, 0.1) is 34.3 Å². The number of nitrogens with zero attached hydrogens (tertiary/aromatic N) is 3. The molecule has 6 heteroatoms. The number of hydrogen-bond donors (Lipinski definition) is 1. The number of allylic oxidation sites excluding steroid dienone is 1. The third-order valence-electron chi connectivity index (χ3n) is 3.63. The van der Waals surface area contributed by atoms with Gasteiger partial charge in [0.1, 0.15) is 23.8 Å². The average molecular weight is 333 g/mol. The van der Waals surface area contributed by atoms with Gasteiger partial charge in [0, 0.05) is 16.5 Å². The first-order valence-corrected chi connectivity index (χ1v) is 7.13. The summed E-state index contributed by atoms with van der Waals surface area (Å²) in [4.78, 5) is 4.30. The molecule has 25 heavy (non-hydrogen) atoms. The van der Waals surface area contributed by atoms with Gasteiger partial charge in [0.05, 0.1) is 11.2 Å². The molecule has 0 aliphatic rings. The number of halogens is 2. The van der Waals surface area contributed by atoms with Crippen molar-refractivity contribution >= 4 is 16.7 Å². The second kappa shape index (κ2) is 6.38. The van der Waals surface area contributed by atoms with Gasteiger partial charge in [-0.05, 0) is 30.3 Å². The van der Waals surface area contributed by atoms with Gasteiger partial charge in [-0.1, -0.05) is 18.2 Å². The monoisotopic (exact) mass is 333 g/mol. The van der Waals surface area contributed by atoms with Gasteiger partial charge >= 0.3 is 0 Å². The quantitative estimate of drug-likeness (QED) is 0.553. The van der Waals surface area contributed by atoms with E-state index in [4.69, 9.17) is 10.5 Å². The van der Waals surface area contributed by atoms with Gasteiger partial charge in [-0.25, -0.2) is 13.8 Å². The van der Waals surface area contributed by atoms with Crippen molar-refractivity contribution in [2.24, 2.45) is 0 Å². The molecule has 120 valence electrons. The first-order valence-electron chi connectivity index (χ1n) is 7.13. The maximum atomic E-state index is 13.9. The van der Waals surface area contributed by atoms with Crippen molar-refractivity contribution in [1.29, 1.82) is 10.5 Å². The van der Waals surface area contributed by atoms with Crippen molar-refractivity contribution in [3.8, 4) is 23.4 Å². The Morgan fingerprint density at radius 3 is 2.40 bits per heavy atom. The van der Waals surface area contributed by atoms with E-state index in [9.17, 15) is 13.9 Å². The van der Waals surface area contributed by atoms with E-state index in [-0.39, 0.29) is 16.8 Å². The molecule has 0 saturated heterocycles. The Labute approximate surface area is 141 Å². The highest BCUT2D eigenvalue weighted by molar-refractivity contribution is 5.85. The fourth-order valence-corrected chi connectivity index (χ4v) is 2.38. The fourth-order valence-electron chi connectivity index (χ4n) is 2.38. The lowest BCUT2D eigenvalue weighted by molar-refractivity contribution is 0.510. The minimum Gasteiger partial charge on any atom is -0.505 e. The van der Waals surface area contributed by atoms with Crippen molar-refractivity contribution in [1.82, 2.24) is 4.98 Å². The molecule has 3 rings (SSSR count). The Bertz CT molecular complexity index is 1090. The number of aromatic nitrogens is 1. The van der Waals surface area contributed by atoms with Crippen LogP contribution in [0.25, 0.3) is 27.9 Å². The van der Waals surface area contributed by atoms with E-state index >= 15 is 0 Å². The summed E-state index contributed by atoms with van der Waals surface area (Å²) in [5.41, 5.74) is 0.454. The largest absolute Gasteiger partial charge is 0.505 e. The lowest BCUT2D eigenvalue weighted by Gasteiger charge is -2.07. The van der Waals surface area contributed by atoms with Crippen molar-refractivity contribution in [2.75, 3.05) is 0 Å². The summed E-state index contributed by atoms with van der Waals surface area (Å²) in [6, 6.07) is 14.2. The van der Waals surface area contributed by atoms with Gasteiger partial charge in [0.2, 0.25) is 0 Å². The first kappa shape index (κ1) is 16.1. The Morgan fingerprint density at radius 1 is 0.960 bits per heavy atom. The van der Waals surface area contributed by atoms with Crippen molar-refractivity contribution in [2.45, 2.75) is 0 Å². The molecule has 2 aromatic carbocycles. The van der Waals surface area contributed by atoms with Crippen molar-refractivity contribution in [3.63, 3.8) is 0 Å². The number of aliphatic hydroxyl groups excluding tert-OH is 1. The van der Waals surface area contributed by atoms with Crippen molar-refractivity contribution < 1.29 is 13.9 Å². The highest BCUT2D eigenvalue weighted by atomic mass is 19.1. The zero-order valence-corrected chi connectivity index (χ0v) is 12.7. The minimum atomic E-state index is -0.608. The second-order valence-electron chi connectivity index (χ2n) is 5.18. The van der Waals surface area contributed by atoms with E-state index in [2.05, 4.69) is 4.98 Å². The predicted octanol–water partition coefficient (Wildman–Crippen LogP) is 4.50. The summed E-state index contributed by atoms with van der Waals surface area (Å²) in [6.45, 7) is 0. The van der Waals surface area contributed by atoms with Crippen LogP contribution in [0.3, 0.4) is 0 Å². The Morgan fingerprint density at radius 2 is 1.68 bits per heavy atom. The number of hydrogen-bond acceptors (Lipinski definition) is 4. The van der Waals surface area contributed by atoms with Gasteiger partial charge in [0.25, 0.3) is 0 Å². The molecular weight excluding hydrogens is 324 g/mol. The van der Waals surface area contributed by atoms with Crippen LogP contribution < -0.4 is 0 Å². The van der Waals surface area contributed by atoms with E-state index in [1.807, 2.05) is 0 Å². The van der Waals surface area contributed by atoms with Gasteiger partial charge < -0.3 is 5.11 Å². The molecule has 0 radical (unpaired) electrons. The SMILES string of the molecule is N#CC(C#N)=C(O)c1ccc2ccc(-c3cc(F)ccc3F)nc2c1. The standard InChI is InChI=1S/C19H9F2N3O/c20-14-4-5-16(21)15(8-14)17-6-3-11-1-2-12(7-18(11)24-17)19(25)13(9-22)10-23/h1-8,25H. The smallest absolute Gasteiger partial charge is 0.171 e. The van der Waals surface area contributed by atoms with Crippen LogP contribution in [0.4, 0.5) is 8.78 Å². The summed E-state index contributed by atoms with van der Waals surface area (Å²) in [7, 11) is 0. The zero-order chi connectivity index (χ0) is 18.0. The summed E-state index contributed by atoms with van der Waals surface area (Å²) >= 11 is 0. The Kier molecular flexibility index (Phi) is 4.11. The third-order valence-corrected chi connectivity index (χ3v) is 3.63. The molecule has 0 amide bonds. The van der Waals surface area contributed by atoms with E-state index < -0.39 is 23.0 Å². The third kappa shape index (κ3) is 3.01. The van der Waals surface area contributed by atoms with E-state index in [1.54, 1.807) is 30.3 Å². The molecular formula is C19H9F2N3O. The maximum Gasteiger partial charge on any atom is 0.171 e. The number of nitriles is 2. The number of rotatable bonds is 2. The molecule has 0 unspecified atom stereocenters. The molecule has 0 aliphatic carbocycles.